The summed E-state index contributed by atoms with van der Waals surface area (Å²) in [7, 11) is 0. The number of aliphatic hydroxyl groups is 2. The van der Waals surface area contributed by atoms with Crippen molar-refractivity contribution in [2.45, 2.75) is 238 Å². The molecule has 0 rings (SSSR count). The van der Waals surface area contributed by atoms with Gasteiger partial charge in [-0.3, -0.25) is 9.59 Å². The van der Waals surface area contributed by atoms with E-state index in [4.69, 9.17) is 4.74 Å². The SMILES string of the molecule is CCC/C=C/C=C/C=C/C=C/C=C/CCCCCC(CC(=O)NC(CO)C(O)CCCCCCCCCCCCCC)OC(=O)CCCCCCCCCCC. The number of esters is 1. The van der Waals surface area contributed by atoms with Crippen molar-refractivity contribution in [2.75, 3.05) is 6.61 Å². The molecule has 56 heavy (non-hydrogen) atoms. The van der Waals surface area contributed by atoms with Crippen LogP contribution in [0.1, 0.15) is 220 Å². The summed E-state index contributed by atoms with van der Waals surface area (Å²) in [5.41, 5.74) is 0. The number of amides is 1. The van der Waals surface area contributed by atoms with Crippen molar-refractivity contribution in [1.29, 1.82) is 0 Å². The third-order valence-corrected chi connectivity index (χ3v) is 10.5. The van der Waals surface area contributed by atoms with Gasteiger partial charge in [-0.2, -0.15) is 0 Å². The molecule has 1 amide bonds. The Bertz CT molecular complexity index is 1010. The van der Waals surface area contributed by atoms with Crippen LogP contribution in [0.15, 0.2) is 60.8 Å². The van der Waals surface area contributed by atoms with Gasteiger partial charge in [0.15, 0.2) is 0 Å². The molecule has 0 fully saturated rings. The van der Waals surface area contributed by atoms with Gasteiger partial charge in [0.25, 0.3) is 0 Å². The van der Waals surface area contributed by atoms with Gasteiger partial charge in [0.1, 0.15) is 6.10 Å². The molecule has 0 saturated carbocycles. The van der Waals surface area contributed by atoms with Gasteiger partial charge in [-0.25, -0.2) is 0 Å². The first-order valence-electron chi connectivity index (χ1n) is 23.6. The molecule has 0 aliphatic heterocycles. The molecule has 0 bridgehead atoms. The number of ether oxygens (including phenoxy) is 1. The normalized spacial score (nSPS) is 13.9. The van der Waals surface area contributed by atoms with E-state index < -0.39 is 18.2 Å². The average molecular weight is 784 g/mol. The lowest BCUT2D eigenvalue weighted by atomic mass is 10.0. The van der Waals surface area contributed by atoms with Gasteiger partial charge in [0.05, 0.1) is 25.2 Å². The molecule has 6 heteroatoms. The van der Waals surface area contributed by atoms with E-state index in [1.165, 1.54) is 103 Å². The fourth-order valence-corrected chi connectivity index (χ4v) is 6.87. The zero-order chi connectivity index (χ0) is 41.0. The predicted octanol–water partition coefficient (Wildman–Crippen LogP) is 13.7. The molecule has 6 nitrogen and oxygen atoms in total. The summed E-state index contributed by atoms with van der Waals surface area (Å²) in [5.74, 6) is -0.519. The van der Waals surface area contributed by atoms with E-state index in [-0.39, 0.29) is 24.9 Å². The number of nitrogens with one attached hydrogen (secondary N) is 1. The minimum absolute atomic E-state index is 0.0494. The van der Waals surface area contributed by atoms with Gasteiger partial charge in [-0.15, -0.1) is 0 Å². The van der Waals surface area contributed by atoms with Gasteiger partial charge in [-0.1, -0.05) is 223 Å². The summed E-state index contributed by atoms with van der Waals surface area (Å²) in [6.45, 7) is 6.35. The number of hydrogen-bond acceptors (Lipinski definition) is 5. The molecule has 3 unspecified atom stereocenters. The topological polar surface area (TPSA) is 95.9 Å². The molecule has 0 aliphatic rings. The molecule has 0 radical (unpaired) electrons. The molecule has 3 N–H and O–H groups in total. The summed E-state index contributed by atoms with van der Waals surface area (Å²) in [4.78, 5) is 26.0. The fraction of sp³-hybridized carbons (Fsp3) is 0.760. The number of unbranched alkanes of at least 4 members (excludes halogenated alkanes) is 23. The highest BCUT2D eigenvalue weighted by atomic mass is 16.5. The smallest absolute Gasteiger partial charge is 0.306 e. The summed E-state index contributed by atoms with van der Waals surface area (Å²) in [6.07, 6.45) is 52.7. The van der Waals surface area contributed by atoms with Crippen LogP contribution in [-0.2, 0) is 14.3 Å². The Hall–Kier alpha value is -2.44. The third-order valence-electron chi connectivity index (χ3n) is 10.5. The Morgan fingerprint density at radius 1 is 0.518 bits per heavy atom. The van der Waals surface area contributed by atoms with Crippen LogP contribution in [0.5, 0.6) is 0 Å². The Kier molecular flexibility index (Phi) is 41.8. The van der Waals surface area contributed by atoms with Gasteiger partial charge < -0.3 is 20.3 Å². The van der Waals surface area contributed by atoms with Crippen molar-refractivity contribution < 1.29 is 24.5 Å². The van der Waals surface area contributed by atoms with Crippen molar-refractivity contribution in [2.24, 2.45) is 0 Å². The second-order valence-corrected chi connectivity index (χ2v) is 15.9. The lowest BCUT2D eigenvalue weighted by Gasteiger charge is -2.24. The average Bonchev–Trinajstić information content (AvgIpc) is 3.19. The van der Waals surface area contributed by atoms with Crippen molar-refractivity contribution in [3.05, 3.63) is 60.8 Å². The lowest BCUT2D eigenvalue weighted by Crippen LogP contribution is -2.46. The summed E-state index contributed by atoms with van der Waals surface area (Å²) in [6, 6.07) is -0.714. The van der Waals surface area contributed by atoms with Gasteiger partial charge >= 0.3 is 5.97 Å². The van der Waals surface area contributed by atoms with Gasteiger partial charge in [0.2, 0.25) is 5.91 Å². The van der Waals surface area contributed by atoms with E-state index in [2.05, 4.69) is 50.4 Å². The maximum absolute atomic E-state index is 13.1. The standard InChI is InChI=1S/C50H89NO5/c1-4-7-10-13-16-19-21-23-24-25-26-27-30-32-35-38-41-46(56-50(55)43-40-37-34-29-18-15-12-9-6-3)44-49(54)51-47(45-52)48(53)42-39-36-33-31-28-22-20-17-14-11-8-5-2/h10,13,16,19,21,23-27,46-48,52-53H,4-9,11-12,14-15,17-18,20,22,28-45H2,1-3H3,(H,51,54)/b13-10+,19-16+,23-21+,25-24+,27-26+. The first-order valence-corrected chi connectivity index (χ1v) is 23.6. The zero-order valence-electron chi connectivity index (χ0n) is 36.8. The minimum Gasteiger partial charge on any atom is -0.462 e. The maximum Gasteiger partial charge on any atom is 0.306 e. The van der Waals surface area contributed by atoms with Crippen molar-refractivity contribution in [3.63, 3.8) is 0 Å². The fourth-order valence-electron chi connectivity index (χ4n) is 6.87. The van der Waals surface area contributed by atoms with E-state index in [1.807, 2.05) is 36.5 Å². The zero-order valence-corrected chi connectivity index (χ0v) is 36.8. The van der Waals surface area contributed by atoms with E-state index in [9.17, 15) is 19.8 Å². The molecule has 0 aliphatic carbocycles. The summed E-state index contributed by atoms with van der Waals surface area (Å²) < 4.78 is 5.88. The molecule has 0 spiro atoms. The van der Waals surface area contributed by atoms with Crippen LogP contribution in [0.25, 0.3) is 0 Å². The number of carbonyl (C=O) groups is 2. The first-order chi connectivity index (χ1) is 27.5. The number of allylic oxidation sites excluding steroid dienone is 10. The highest BCUT2D eigenvalue weighted by Crippen LogP contribution is 2.17. The highest BCUT2D eigenvalue weighted by Gasteiger charge is 2.24. The Labute approximate surface area is 346 Å². The lowest BCUT2D eigenvalue weighted by molar-refractivity contribution is -0.151. The molecule has 0 aromatic rings. The van der Waals surface area contributed by atoms with Gasteiger partial charge in [0, 0.05) is 6.42 Å². The van der Waals surface area contributed by atoms with E-state index in [1.54, 1.807) is 0 Å². The van der Waals surface area contributed by atoms with E-state index >= 15 is 0 Å². The number of carbonyl (C=O) groups excluding carboxylic acids is 2. The number of aliphatic hydroxyl groups excluding tert-OH is 2. The largest absolute Gasteiger partial charge is 0.462 e. The van der Waals surface area contributed by atoms with Crippen LogP contribution in [0, 0.1) is 0 Å². The number of rotatable bonds is 41. The Morgan fingerprint density at radius 2 is 0.946 bits per heavy atom. The third kappa shape index (κ3) is 38.4. The Balaban J connectivity index is 4.68. The predicted molar refractivity (Wildman–Crippen MR) is 241 cm³/mol. The first kappa shape index (κ1) is 53.6. The van der Waals surface area contributed by atoms with Gasteiger partial charge in [-0.05, 0) is 44.9 Å². The van der Waals surface area contributed by atoms with Crippen LogP contribution < -0.4 is 5.32 Å². The van der Waals surface area contributed by atoms with Crippen LogP contribution in [0.2, 0.25) is 0 Å². The summed E-state index contributed by atoms with van der Waals surface area (Å²) >= 11 is 0. The van der Waals surface area contributed by atoms with Crippen LogP contribution in [0.3, 0.4) is 0 Å². The molecule has 0 heterocycles. The molecular formula is C50H89NO5. The number of hydrogen-bond donors (Lipinski definition) is 3. The second kappa shape index (κ2) is 43.7. The quantitative estimate of drug-likeness (QED) is 0.0326. The molecular weight excluding hydrogens is 695 g/mol. The second-order valence-electron chi connectivity index (χ2n) is 15.9. The minimum atomic E-state index is -0.798. The molecule has 3 atom stereocenters. The molecule has 0 aromatic carbocycles. The Morgan fingerprint density at radius 3 is 1.45 bits per heavy atom. The monoisotopic (exact) mass is 784 g/mol. The van der Waals surface area contributed by atoms with Crippen LogP contribution in [0.4, 0.5) is 0 Å². The molecule has 0 aromatic heterocycles. The van der Waals surface area contributed by atoms with Crippen molar-refractivity contribution in [3.8, 4) is 0 Å². The van der Waals surface area contributed by atoms with Crippen LogP contribution >= 0.6 is 0 Å². The molecule has 324 valence electrons. The van der Waals surface area contributed by atoms with E-state index in [0.29, 0.717) is 19.3 Å². The van der Waals surface area contributed by atoms with Crippen molar-refractivity contribution in [1.82, 2.24) is 5.32 Å². The molecule has 0 saturated heterocycles. The highest BCUT2D eigenvalue weighted by molar-refractivity contribution is 5.77. The maximum atomic E-state index is 13.1. The van der Waals surface area contributed by atoms with Crippen molar-refractivity contribution >= 4 is 11.9 Å². The summed E-state index contributed by atoms with van der Waals surface area (Å²) in [5, 5.41) is 23.7. The van der Waals surface area contributed by atoms with Crippen LogP contribution in [-0.4, -0.2) is 46.9 Å². The van der Waals surface area contributed by atoms with E-state index in [0.717, 1.165) is 70.6 Å².